The minimum absolute atomic E-state index is 0.687. The van der Waals surface area contributed by atoms with E-state index < -0.39 is 18.6 Å². The maximum absolute atomic E-state index is 12.4. The average molecular weight is 163 g/mol. The fraction of sp³-hybridized carbons (Fsp3) is 0.600. The van der Waals surface area contributed by atoms with E-state index in [2.05, 4.69) is 16.6 Å². The van der Waals surface area contributed by atoms with E-state index in [9.17, 15) is 8.78 Å². The number of azide groups is 1. The third kappa shape index (κ3) is 2.97. The second-order valence-corrected chi connectivity index (χ2v) is 1.83. The van der Waals surface area contributed by atoms with E-state index in [1.807, 2.05) is 0 Å². The van der Waals surface area contributed by atoms with E-state index in [1.165, 1.54) is 0 Å². The van der Waals surface area contributed by atoms with Gasteiger partial charge in [-0.3, -0.25) is 0 Å². The Hall–Kier alpha value is -1.13. The molecule has 0 unspecified atom stereocenters. The molecule has 0 aliphatic rings. The van der Waals surface area contributed by atoms with Gasteiger partial charge in [0.1, 0.15) is 6.10 Å². The molecule has 62 valence electrons. The van der Waals surface area contributed by atoms with Gasteiger partial charge in [0.15, 0.2) is 0 Å². The van der Waals surface area contributed by atoms with E-state index >= 15 is 0 Å². The predicted octanol–water partition coefficient (Wildman–Crippen LogP) is 1.48. The molecule has 1 atom stereocenters. The molecule has 0 fully saturated rings. The van der Waals surface area contributed by atoms with Crippen LogP contribution < -0.4 is 0 Å². The number of aliphatic hydroxyl groups is 1. The molecule has 0 saturated heterocycles. The van der Waals surface area contributed by atoms with Crippen LogP contribution in [0.2, 0.25) is 0 Å². The lowest BCUT2D eigenvalue weighted by atomic mass is 10.2. The van der Waals surface area contributed by atoms with Gasteiger partial charge in [-0.25, -0.2) is 8.78 Å². The highest BCUT2D eigenvalue weighted by molar-refractivity contribution is 4.91. The Morgan fingerprint density at radius 3 is 2.73 bits per heavy atom. The topological polar surface area (TPSA) is 69.0 Å². The fourth-order valence-corrected chi connectivity index (χ4v) is 0.392. The molecule has 0 spiro atoms. The number of halogens is 2. The quantitative estimate of drug-likeness (QED) is 0.290. The van der Waals surface area contributed by atoms with Crippen molar-refractivity contribution in [1.29, 1.82) is 0 Å². The molecule has 0 heterocycles. The molecule has 6 heteroatoms. The Morgan fingerprint density at radius 1 is 1.82 bits per heavy atom. The van der Waals surface area contributed by atoms with E-state index in [1.54, 1.807) is 0 Å². The summed E-state index contributed by atoms with van der Waals surface area (Å²) in [6.45, 7) is 1.91. The smallest absolute Gasteiger partial charge is 0.282 e. The minimum Gasteiger partial charge on any atom is -0.383 e. The van der Waals surface area contributed by atoms with Crippen LogP contribution in [0.4, 0.5) is 8.78 Å². The van der Waals surface area contributed by atoms with Gasteiger partial charge in [0.25, 0.3) is 5.92 Å². The summed E-state index contributed by atoms with van der Waals surface area (Å²) in [6, 6.07) is 0. The number of hydrogen-bond acceptors (Lipinski definition) is 2. The molecule has 11 heavy (non-hydrogen) atoms. The highest BCUT2D eigenvalue weighted by Gasteiger charge is 2.35. The lowest BCUT2D eigenvalue weighted by Crippen LogP contribution is -2.34. The van der Waals surface area contributed by atoms with Gasteiger partial charge < -0.3 is 5.11 Å². The van der Waals surface area contributed by atoms with Crippen molar-refractivity contribution in [3.05, 3.63) is 23.1 Å². The van der Waals surface area contributed by atoms with Crippen LogP contribution in [0.1, 0.15) is 0 Å². The Bertz CT molecular complexity index is 188. The molecule has 0 bridgehead atoms. The first-order valence-electron chi connectivity index (χ1n) is 2.74. The van der Waals surface area contributed by atoms with Gasteiger partial charge in [0.2, 0.25) is 0 Å². The normalized spacial score (nSPS) is 13.4. The van der Waals surface area contributed by atoms with Crippen molar-refractivity contribution >= 4 is 0 Å². The largest absolute Gasteiger partial charge is 0.383 e. The Morgan fingerprint density at radius 2 is 2.36 bits per heavy atom. The summed E-state index contributed by atoms with van der Waals surface area (Å²) >= 11 is 0. The zero-order valence-corrected chi connectivity index (χ0v) is 5.61. The molecule has 0 aromatic heterocycles. The molecule has 0 aromatic carbocycles. The van der Waals surface area contributed by atoms with Crippen molar-refractivity contribution in [2.45, 2.75) is 12.0 Å². The van der Waals surface area contributed by atoms with Gasteiger partial charge in [0.05, 0.1) is 6.54 Å². The van der Waals surface area contributed by atoms with Crippen molar-refractivity contribution in [2.75, 3.05) is 6.54 Å². The monoisotopic (exact) mass is 163 g/mol. The summed E-state index contributed by atoms with van der Waals surface area (Å²) in [7, 11) is 0. The van der Waals surface area contributed by atoms with Crippen molar-refractivity contribution in [1.82, 2.24) is 0 Å². The summed E-state index contributed by atoms with van der Waals surface area (Å²) in [5.41, 5.74) is 7.70. The summed E-state index contributed by atoms with van der Waals surface area (Å²) in [6.07, 6.45) is -1.28. The van der Waals surface area contributed by atoms with Crippen LogP contribution in [-0.2, 0) is 0 Å². The van der Waals surface area contributed by atoms with Crippen LogP contribution in [0.25, 0.3) is 10.4 Å². The number of hydrogen-bond donors (Lipinski definition) is 1. The highest BCUT2D eigenvalue weighted by Crippen LogP contribution is 2.19. The van der Waals surface area contributed by atoms with Crippen LogP contribution in [0.5, 0.6) is 0 Å². The number of alkyl halides is 2. The summed E-state index contributed by atoms with van der Waals surface area (Å²) in [4.78, 5) is 2.14. The van der Waals surface area contributed by atoms with Crippen LogP contribution in [0.3, 0.4) is 0 Å². The van der Waals surface area contributed by atoms with Crippen molar-refractivity contribution in [3.63, 3.8) is 0 Å². The highest BCUT2D eigenvalue weighted by atomic mass is 19.3. The van der Waals surface area contributed by atoms with Gasteiger partial charge in [-0.1, -0.05) is 11.2 Å². The summed E-state index contributed by atoms with van der Waals surface area (Å²) in [5.74, 6) is -3.42. The Kier molecular flexibility index (Phi) is 3.50. The minimum atomic E-state index is -3.42. The standard InChI is InChI=1S/C5H7F2N3O/c1-2-4(11)5(6,7)3-9-10-8/h2,4,11H,1,3H2/t4-/m1/s1. The maximum Gasteiger partial charge on any atom is 0.282 e. The molecular formula is C5H7F2N3O. The van der Waals surface area contributed by atoms with E-state index in [-0.39, 0.29) is 0 Å². The van der Waals surface area contributed by atoms with Crippen LogP contribution >= 0.6 is 0 Å². The number of nitrogens with zero attached hydrogens (tertiary/aromatic N) is 3. The first kappa shape index (κ1) is 9.87. The van der Waals surface area contributed by atoms with Gasteiger partial charge in [-0.2, -0.15) is 0 Å². The molecule has 0 aromatic rings. The lowest BCUT2D eigenvalue weighted by molar-refractivity contribution is -0.0775. The van der Waals surface area contributed by atoms with Gasteiger partial charge in [0, 0.05) is 4.91 Å². The fourth-order valence-electron chi connectivity index (χ4n) is 0.392. The zero-order valence-electron chi connectivity index (χ0n) is 5.61. The Balaban J connectivity index is 4.18. The SMILES string of the molecule is C=C[C@@H](O)C(F)(F)CN=[N+]=[N-]. The molecule has 0 aliphatic heterocycles. The van der Waals surface area contributed by atoms with E-state index in [0.29, 0.717) is 6.08 Å². The van der Waals surface area contributed by atoms with E-state index in [0.717, 1.165) is 0 Å². The first-order valence-corrected chi connectivity index (χ1v) is 2.74. The second-order valence-electron chi connectivity index (χ2n) is 1.83. The van der Waals surface area contributed by atoms with Crippen molar-refractivity contribution in [3.8, 4) is 0 Å². The molecule has 0 saturated carbocycles. The third-order valence-corrected chi connectivity index (χ3v) is 1.00. The molecular weight excluding hydrogens is 156 g/mol. The molecule has 0 amide bonds. The van der Waals surface area contributed by atoms with Crippen LogP contribution in [0.15, 0.2) is 17.8 Å². The lowest BCUT2D eigenvalue weighted by Gasteiger charge is -2.16. The number of aliphatic hydroxyl groups excluding tert-OH is 1. The first-order chi connectivity index (χ1) is 5.04. The van der Waals surface area contributed by atoms with Crippen LogP contribution in [0, 0.1) is 0 Å². The van der Waals surface area contributed by atoms with Gasteiger partial charge >= 0.3 is 0 Å². The maximum atomic E-state index is 12.4. The zero-order chi connectivity index (χ0) is 8.91. The molecule has 0 radical (unpaired) electrons. The Labute approximate surface area is 61.8 Å². The van der Waals surface area contributed by atoms with Crippen molar-refractivity contribution in [2.24, 2.45) is 5.11 Å². The summed E-state index contributed by atoms with van der Waals surface area (Å²) in [5, 5.41) is 11.2. The van der Waals surface area contributed by atoms with Gasteiger partial charge in [-0.05, 0) is 5.53 Å². The molecule has 1 N–H and O–H groups in total. The predicted molar refractivity (Wildman–Crippen MR) is 35.2 cm³/mol. The molecule has 0 rings (SSSR count). The number of rotatable bonds is 4. The third-order valence-electron chi connectivity index (χ3n) is 1.00. The molecule has 0 aliphatic carbocycles. The van der Waals surface area contributed by atoms with Crippen LogP contribution in [-0.4, -0.2) is 23.7 Å². The second kappa shape index (κ2) is 3.90. The summed E-state index contributed by atoms with van der Waals surface area (Å²) < 4.78 is 24.8. The van der Waals surface area contributed by atoms with Gasteiger partial charge in [-0.15, -0.1) is 6.58 Å². The van der Waals surface area contributed by atoms with Crippen molar-refractivity contribution < 1.29 is 13.9 Å². The average Bonchev–Trinajstić information content (AvgIpc) is 1.99. The van der Waals surface area contributed by atoms with E-state index in [4.69, 9.17) is 10.6 Å². The molecule has 4 nitrogen and oxygen atoms in total.